The Labute approximate surface area is 145 Å². The zero-order valence-corrected chi connectivity index (χ0v) is 14.4. The van der Waals surface area contributed by atoms with Gasteiger partial charge in [-0.1, -0.05) is 17.3 Å². The van der Waals surface area contributed by atoms with Gasteiger partial charge in [0.2, 0.25) is 11.7 Å². The standard InChI is InChI=1S/C17H21N3O3S/c1-24-10-14(7-8-21)18-16(22)13-4-2-3-12(9-13)15-19-17(23-20-15)11-5-6-11/h2-4,9,11,14,21H,5-8,10H2,1H3,(H,18,22). The topological polar surface area (TPSA) is 88.2 Å². The lowest BCUT2D eigenvalue weighted by atomic mass is 10.1. The van der Waals surface area contributed by atoms with Crippen LogP contribution in [0.5, 0.6) is 0 Å². The normalized spacial score (nSPS) is 15.2. The largest absolute Gasteiger partial charge is 0.396 e. The summed E-state index contributed by atoms with van der Waals surface area (Å²) in [6.07, 6.45) is 4.73. The zero-order chi connectivity index (χ0) is 16.9. The summed E-state index contributed by atoms with van der Waals surface area (Å²) in [4.78, 5) is 16.9. The first-order valence-electron chi connectivity index (χ1n) is 8.06. The Morgan fingerprint density at radius 2 is 2.33 bits per heavy atom. The van der Waals surface area contributed by atoms with Crippen LogP contribution in [0.25, 0.3) is 11.4 Å². The molecular formula is C17H21N3O3S. The second kappa shape index (κ2) is 7.81. The van der Waals surface area contributed by atoms with Crippen LogP contribution in [-0.2, 0) is 0 Å². The summed E-state index contributed by atoms with van der Waals surface area (Å²) in [5.41, 5.74) is 1.32. The van der Waals surface area contributed by atoms with Crippen molar-refractivity contribution >= 4 is 17.7 Å². The number of benzene rings is 1. The van der Waals surface area contributed by atoms with E-state index in [9.17, 15) is 4.79 Å². The van der Waals surface area contributed by atoms with Gasteiger partial charge in [0.1, 0.15) is 0 Å². The zero-order valence-electron chi connectivity index (χ0n) is 13.6. The molecule has 0 bridgehead atoms. The van der Waals surface area contributed by atoms with Crippen molar-refractivity contribution in [3.05, 3.63) is 35.7 Å². The lowest BCUT2D eigenvalue weighted by molar-refractivity contribution is 0.0935. The summed E-state index contributed by atoms with van der Waals surface area (Å²) >= 11 is 1.64. The summed E-state index contributed by atoms with van der Waals surface area (Å²) in [6.45, 7) is 0.0539. The van der Waals surface area contributed by atoms with Crippen molar-refractivity contribution in [2.45, 2.75) is 31.2 Å². The number of nitrogens with one attached hydrogen (secondary N) is 1. The van der Waals surface area contributed by atoms with Crippen molar-refractivity contribution in [1.82, 2.24) is 15.5 Å². The molecule has 1 atom stereocenters. The molecule has 2 N–H and O–H groups in total. The minimum absolute atomic E-state index is 0.0483. The van der Waals surface area contributed by atoms with E-state index in [2.05, 4.69) is 15.5 Å². The number of hydrogen-bond donors (Lipinski definition) is 2. The number of carbonyl (C=O) groups excluding carboxylic acids is 1. The molecule has 3 rings (SSSR count). The molecule has 0 radical (unpaired) electrons. The van der Waals surface area contributed by atoms with Gasteiger partial charge < -0.3 is 14.9 Å². The molecule has 24 heavy (non-hydrogen) atoms. The molecule has 0 saturated heterocycles. The Kier molecular flexibility index (Phi) is 5.52. The fraction of sp³-hybridized carbons (Fsp3) is 0.471. The molecule has 1 saturated carbocycles. The maximum Gasteiger partial charge on any atom is 0.251 e. The van der Waals surface area contributed by atoms with Crippen molar-refractivity contribution in [3.8, 4) is 11.4 Å². The van der Waals surface area contributed by atoms with Crippen molar-refractivity contribution in [2.24, 2.45) is 0 Å². The average molecular weight is 347 g/mol. The van der Waals surface area contributed by atoms with E-state index in [4.69, 9.17) is 9.63 Å². The van der Waals surface area contributed by atoms with Gasteiger partial charge in [-0.2, -0.15) is 16.7 Å². The van der Waals surface area contributed by atoms with Gasteiger partial charge in [0.05, 0.1) is 0 Å². The number of hydrogen-bond acceptors (Lipinski definition) is 6. The summed E-state index contributed by atoms with van der Waals surface area (Å²) in [5.74, 6) is 2.21. The number of aliphatic hydroxyl groups is 1. The highest BCUT2D eigenvalue weighted by molar-refractivity contribution is 7.98. The van der Waals surface area contributed by atoms with Gasteiger partial charge in [0, 0.05) is 35.4 Å². The van der Waals surface area contributed by atoms with Gasteiger partial charge in [-0.25, -0.2) is 0 Å². The second-order valence-electron chi connectivity index (χ2n) is 5.95. The van der Waals surface area contributed by atoms with Crippen LogP contribution >= 0.6 is 11.8 Å². The molecule has 6 nitrogen and oxygen atoms in total. The highest BCUT2D eigenvalue weighted by Crippen LogP contribution is 2.39. The second-order valence-corrected chi connectivity index (χ2v) is 6.86. The summed E-state index contributed by atoms with van der Waals surface area (Å²) < 4.78 is 5.28. The van der Waals surface area contributed by atoms with Gasteiger partial charge >= 0.3 is 0 Å². The van der Waals surface area contributed by atoms with E-state index in [-0.39, 0.29) is 18.6 Å². The molecule has 1 aliphatic rings. The van der Waals surface area contributed by atoms with Gasteiger partial charge in [0.25, 0.3) is 5.91 Å². The van der Waals surface area contributed by atoms with Crippen LogP contribution in [0, 0.1) is 0 Å². The third kappa shape index (κ3) is 4.15. The first kappa shape index (κ1) is 17.0. The number of thioether (sulfide) groups is 1. The highest BCUT2D eigenvalue weighted by Gasteiger charge is 2.29. The lowest BCUT2D eigenvalue weighted by Crippen LogP contribution is -2.37. The van der Waals surface area contributed by atoms with Crippen LogP contribution in [0.1, 0.15) is 41.4 Å². The molecule has 0 aliphatic heterocycles. The number of aliphatic hydroxyl groups excluding tert-OH is 1. The monoisotopic (exact) mass is 347 g/mol. The molecule has 1 aliphatic carbocycles. The molecule has 1 unspecified atom stereocenters. The van der Waals surface area contributed by atoms with E-state index in [1.54, 1.807) is 23.9 Å². The Morgan fingerprint density at radius 1 is 1.50 bits per heavy atom. The first-order chi connectivity index (χ1) is 11.7. The molecule has 2 aromatic rings. The average Bonchev–Trinajstić information content (AvgIpc) is 3.32. The summed E-state index contributed by atoms with van der Waals surface area (Å²) in [5, 5.41) is 16.1. The Balaban J connectivity index is 1.72. The molecule has 0 spiro atoms. The number of amides is 1. The van der Waals surface area contributed by atoms with E-state index >= 15 is 0 Å². The van der Waals surface area contributed by atoms with Crippen LogP contribution in [0.2, 0.25) is 0 Å². The highest BCUT2D eigenvalue weighted by atomic mass is 32.2. The lowest BCUT2D eigenvalue weighted by Gasteiger charge is -2.16. The fourth-order valence-corrected chi connectivity index (χ4v) is 3.12. The SMILES string of the molecule is CSCC(CCO)NC(=O)c1cccc(-c2noc(C3CC3)n2)c1. The minimum Gasteiger partial charge on any atom is -0.396 e. The van der Waals surface area contributed by atoms with Crippen LogP contribution in [-0.4, -0.2) is 45.8 Å². The van der Waals surface area contributed by atoms with Crippen molar-refractivity contribution in [1.29, 1.82) is 0 Å². The Morgan fingerprint density at radius 3 is 3.04 bits per heavy atom. The van der Waals surface area contributed by atoms with E-state index in [0.717, 1.165) is 24.2 Å². The minimum atomic E-state index is -0.157. The van der Waals surface area contributed by atoms with Crippen LogP contribution < -0.4 is 5.32 Å². The number of carbonyl (C=O) groups is 1. The van der Waals surface area contributed by atoms with Gasteiger partial charge in [-0.3, -0.25) is 4.79 Å². The van der Waals surface area contributed by atoms with E-state index < -0.39 is 0 Å². The van der Waals surface area contributed by atoms with E-state index in [0.29, 0.717) is 29.6 Å². The van der Waals surface area contributed by atoms with Gasteiger partial charge in [0.15, 0.2) is 0 Å². The maximum absolute atomic E-state index is 12.4. The van der Waals surface area contributed by atoms with Gasteiger partial charge in [-0.15, -0.1) is 0 Å². The predicted octanol–water partition coefficient (Wildman–Crippen LogP) is 2.46. The molecule has 1 heterocycles. The van der Waals surface area contributed by atoms with Crippen molar-refractivity contribution in [2.75, 3.05) is 18.6 Å². The quantitative estimate of drug-likeness (QED) is 0.763. The predicted molar refractivity (Wildman–Crippen MR) is 93.0 cm³/mol. The molecule has 1 fully saturated rings. The maximum atomic E-state index is 12.4. The Bertz CT molecular complexity index is 694. The summed E-state index contributed by atoms with van der Waals surface area (Å²) in [7, 11) is 0. The molecule has 1 aromatic heterocycles. The molecule has 7 heteroatoms. The third-order valence-corrected chi connectivity index (χ3v) is 4.67. The number of nitrogens with zero attached hydrogens (tertiary/aromatic N) is 2. The van der Waals surface area contributed by atoms with E-state index in [1.807, 2.05) is 18.4 Å². The van der Waals surface area contributed by atoms with Crippen LogP contribution in [0.15, 0.2) is 28.8 Å². The fourth-order valence-electron chi connectivity index (χ4n) is 2.47. The van der Waals surface area contributed by atoms with Gasteiger partial charge in [-0.05, 0) is 37.7 Å². The molecule has 1 amide bonds. The number of aromatic nitrogens is 2. The first-order valence-corrected chi connectivity index (χ1v) is 9.45. The number of rotatable bonds is 8. The molecule has 128 valence electrons. The molecule has 1 aromatic carbocycles. The van der Waals surface area contributed by atoms with E-state index in [1.165, 1.54) is 0 Å². The van der Waals surface area contributed by atoms with Crippen molar-refractivity contribution in [3.63, 3.8) is 0 Å². The Hall–Kier alpha value is -1.86. The molecular weight excluding hydrogens is 326 g/mol. The smallest absolute Gasteiger partial charge is 0.251 e. The third-order valence-electron chi connectivity index (χ3n) is 3.93. The summed E-state index contributed by atoms with van der Waals surface area (Å²) in [6, 6.07) is 7.16. The van der Waals surface area contributed by atoms with Crippen LogP contribution in [0.3, 0.4) is 0 Å². The van der Waals surface area contributed by atoms with Crippen LogP contribution in [0.4, 0.5) is 0 Å². The van der Waals surface area contributed by atoms with Crippen molar-refractivity contribution < 1.29 is 14.4 Å².